The van der Waals surface area contributed by atoms with Crippen LogP contribution in [0.4, 0.5) is 13.2 Å². The Morgan fingerprint density at radius 2 is 1.42 bits per heavy atom. The molecule has 0 bridgehead atoms. The number of nitrogens with one attached hydrogen (secondary N) is 2. The van der Waals surface area contributed by atoms with Gasteiger partial charge < -0.3 is 15.7 Å². The highest BCUT2D eigenvalue weighted by molar-refractivity contribution is 6.28. The van der Waals surface area contributed by atoms with Crippen molar-refractivity contribution < 1.29 is 37.5 Å². The van der Waals surface area contributed by atoms with Crippen LogP contribution in [0.15, 0.2) is 66.7 Å². The third kappa shape index (κ3) is 4.89. The van der Waals surface area contributed by atoms with Crippen molar-refractivity contribution in [3.63, 3.8) is 0 Å². The van der Waals surface area contributed by atoms with Crippen LogP contribution in [0, 0.1) is 0 Å². The number of carbonyl (C=O) groups excluding carboxylic acids is 4. The number of ketones is 2. The fourth-order valence-electron chi connectivity index (χ4n) is 3.80. The number of benzene rings is 3. The Balaban J connectivity index is 1.43. The smallest absolute Gasteiger partial charge is 0.394 e. The maximum Gasteiger partial charge on any atom is 0.416 e. The number of rotatable bonds is 6. The van der Waals surface area contributed by atoms with Crippen molar-refractivity contribution in [2.24, 2.45) is 0 Å². The Morgan fingerprint density at radius 3 is 2.00 bits per heavy atom. The molecule has 10 heteroatoms. The first kappa shape index (κ1) is 24.8. The third-order valence-electron chi connectivity index (χ3n) is 5.74. The zero-order valence-corrected chi connectivity index (χ0v) is 18.6. The summed E-state index contributed by atoms with van der Waals surface area (Å²) in [5.74, 6) is -2.28. The Morgan fingerprint density at radius 1 is 0.833 bits per heavy atom. The van der Waals surface area contributed by atoms with Crippen LogP contribution in [0.2, 0.25) is 0 Å². The molecule has 1 aliphatic carbocycles. The summed E-state index contributed by atoms with van der Waals surface area (Å²) in [6, 6.07) is 13.1. The van der Waals surface area contributed by atoms with Gasteiger partial charge in [-0.15, -0.1) is 0 Å². The molecule has 1 aliphatic rings. The molecule has 0 spiro atoms. The SMILES string of the molecule is O=C(N[C@@H](CO)C(=O)NCc1ccc(C(F)(F)F)cc1)c1ccc2c(c1)C(=O)c1ccccc1C2=O. The number of fused-ring (bicyclic) bond motifs is 2. The lowest BCUT2D eigenvalue weighted by Crippen LogP contribution is -2.48. The number of alkyl halides is 3. The van der Waals surface area contributed by atoms with Crippen LogP contribution in [-0.2, 0) is 17.5 Å². The highest BCUT2D eigenvalue weighted by Gasteiger charge is 2.31. The van der Waals surface area contributed by atoms with Crippen LogP contribution in [0.3, 0.4) is 0 Å². The number of hydrogen-bond donors (Lipinski definition) is 3. The lowest BCUT2D eigenvalue weighted by molar-refractivity contribution is -0.137. The minimum Gasteiger partial charge on any atom is -0.394 e. The topological polar surface area (TPSA) is 113 Å². The van der Waals surface area contributed by atoms with Crippen LogP contribution in [0.1, 0.15) is 53.3 Å². The van der Waals surface area contributed by atoms with Crippen LogP contribution in [0.25, 0.3) is 0 Å². The molecular formula is C26H19F3N2O5. The lowest BCUT2D eigenvalue weighted by atomic mass is 9.83. The van der Waals surface area contributed by atoms with Gasteiger partial charge in [0.05, 0.1) is 12.2 Å². The van der Waals surface area contributed by atoms with Crippen molar-refractivity contribution in [3.8, 4) is 0 Å². The molecule has 3 N–H and O–H groups in total. The predicted octanol–water partition coefficient (Wildman–Crippen LogP) is 2.89. The first-order chi connectivity index (χ1) is 17.1. The largest absolute Gasteiger partial charge is 0.416 e. The molecule has 3 aromatic carbocycles. The third-order valence-corrected chi connectivity index (χ3v) is 5.74. The van der Waals surface area contributed by atoms with Gasteiger partial charge in [0.2, 0.25) is 5.91 Å². The predicted molar refractivity (Wildman–Crippen MR) is 121 cm³/mol. The average molecular weight is 496 g/mol. The van der Waals surface area contributed by atoms with Gasteiger partial charge in [0.15, 0.2) is 11.6 Å². The second-order valence-electron chi connectivity index (χ2n) is 8.09. The summed E-state index contributed by atoms with van der Waals surface area (Å²) in [6.45, 7) is -0.876. The van der Waals surface area contributed by atoms with Gasteiger partial charge in [-0.1, -0.05) is 36.4 Å². The Kier molecular flexibility index (Phi) is 6.71. The van der Waals surface area contributed by atoms with Gasteiger partial charge in [-0.05, 0) is 35.9 Å². The van der Waals surface area contributed by atoms with Gasteiger partial charge in [-0.2, -0.15) is 13.2 Å². The van der Waals surface area contributed by atoms with E-state index >= 15 is 0 Å². The second kappa shape index (κ2) is 9.74. The molecule has 7 nitrogen and oxygen atoms in total. The molecule has 0 heterocycles. The van der Waals surface area contributed by atoms with E-state index in [0.29, 0.717) is 5.56 Å². The fourth-order valence-corrected chi connectivity index (χ4v) is 3.80. The molecule has 184 valence electrons. The highest BCUT2D eigenvalue weighted by atomic mass is 19.4. The summed E-state index contributed by atoms with van der Waals surface area (Å²) < 4.78 is 38.0. The van der Waals surface area contributed by atoms with E-state index in [-0.39, 0.29) is 40.1 Å². The average Bonchev–Trinajstić information content (AvgIpc) is 2.88. The fraction of sp³-hybridized carbons (Fsp3) is 0.154. The zero-order chi connectivity index (χ0) is 26.0. The maximum atomic E-state index is 12.9. The molecule has 36 heavy (non-hydrogen) atoms. The Labute approximate surface area is 202 Å². The second-order valence-corrected chi connectivity index (χ2v) is 8.09. The molecule has 2 amide bonds. The maximum absolute atomic E-state index is 12.9. The first-order valence-electron chi connectivity index (χ1n) is 10.8. The summed E-state index contributed by atoms with van der Waals surface area (Å²) >= 11 is 0. The molecule has 0 aromatic heterocycles. The van der Waals surface area contributed by atoms with Crippen molar-refractivity contribution in [2.75, 3.05) is 6.61 Å². The van der Waals surface area contributed by atoms with Gasteiger partial charge in [-0.25, -0.2) is 0 Å². The summed E-state index contributed by atoms with van der Waals surface area (Å²) in [5, 5.41) is 14.4. The van der Waals surface area contributed by atoms with Gasteiger partial charge in [-0.3, -0.25) is 19.2 Å². The molecule has 0 saturated heterocycles. The number of amides is 2. The number of aliphatic hydroxyl groups excluding tert-OH is 1. The molecule has 1 atom stereocenters. The van der Waals surface area contributed by atoms with Crippen LogP contribution in [0.5, 0.6) is 0 Å². The standard InChI is InChI=1S/C26H19F3N2O5/c27-26(28,29)16-8-5-14(6-9-16)12-30-25(36)21(13-32)31-24(35)15-7-10-19-20(11-15)23(34)18-4-2-1-3-17(18)22(19)33/h1-11,21,32H,12-13H2,(H,30,36)(H,31,35)/t21-/m0/s1. The summed E-state index contributed by atoms with van der Waals surface area (Å²) in [6.07, 6.45) is -4.48. The van der Waals surface area contributed by atoms with E-state index < -0.39 is 42.0 Å². The quantitative estimate of drug-likeness (QED) is 0.380. The molecule has 0 aliphatic heterocycles. The number of aliphatic hydroxyl groups is 1. The molecular weight excluding hydrogens is 477 g/mol. The van der Waals surface area contributed by atoms with Gasteiger partial charge in [0, 0.05) is 34.4 Å². The van der Waals surface area contributed by atoms with Crippen LogP contribution < -0.4 is 10.6 Å². The van der Waals surface area contributed by atoms with E-state index in [9.17, 15) is 37.5 Å². The first-order valence-corrected chi connectivity index (χ1v) is 10.8. The van der Waals surface area contributed by atoms with Gasteiger partial charge in [0.1, 0.15) is 6.04 Å². The minimum atomic E-state index is -4.48. The van der Waals surface area contributed by atoms with E-state index in [4.69, 9.17) is 0 Å². The summed E-state index contributed by atoms with van der Waals surface area (Å²) in [4.78, 5) is 50.8. The van der Waals surface area contributed by atoms with Crippen LogP contribution in [-0.4, -0.2) is 41.1 Å². The number of carbonyl (C=O) groups is 4. The monoisotopic (exact) mass is 496 g/mol. The van der Waals surface area contributed by atoms with Crippen molar-refractivity contribution in [1.82, 2.24) is 10.6 Å². The molecule has 3 aromatic rings. The minimum absolute atomic E-state index is 0.00303. The molecule has 4 rings (SSSR count). The van der Waals surface area contributed by atoms with Gasteiger partial charge >= 0.3 is 6.18 Å². The normalized spacial score (nSPS) is 13.4. The van der Waals surface area contributed by atoms with E-state index in [1.165, 1.54) is 36.4 Å². The summed E-state index contributed by atoms with van der Waals surface area (Å²) in [7, 11) is 0. The number of halogens is 3. The van der Waals surface area contributed by atoms with E-state index in [1.807, 2.05) is 0 Å². The lowest BCUT2D eigenvalue weighted by Gasteiger charge is -2.19. The summed E-state index contributed by atoms with van der Waals surface area (Å²) in [5.41, 5.74) is 0.273. The Hall–Kier alpha value is -4.31. The van der Waals surface area contributed by atoms with Gasteiger partial charge in [0.25, 0.3) is 5.91 Å². The molecule has 0 radical (unpaired) electrons. The van der Waals surface area contributed by atoms with E-state index in [0.717, 1.165) is 12.1 Å². The van der Waals surface area contributed by atoms with Crippen molar-refractivity contribution in [2.45, 2.75) is 18.8 Å². The van der Waals surface area contributed by atoms with Crippen molar-refractivity contribution in [1.29, 1.82) is 0 Å². The highest BCUT2D eigenvalue weighted by Crippen LogP contribution is 2.29. The van der Waals surface area contributed by atoms with Crippen molar-refractivity contribution >= 4 is 23.4 Å². The van der Waals surface area contributed by atoms with E-state index in [1.54, 1.807) is 18.2 Å². The molecule has 0 unspecified atom stereocenters. The zero-order valence-electron chi connectivity index (χ0n) is 18.6. The van der Waals surface area contributed by atoms with Crippen LogP contribution >= 0.6 is 0 Å². The number of hydrogen-bond acceptors (Lipinski definition) is 5. The Bertz CT molecular complexity index is 1370. The molecule has 0 fully saturated rings. The molecule has 0 saturated carbocycles. The van der Waals surface area contributed by atoms with E-state index in [2.05, 4.69) is 10.6 Å². The van der Waals surface area contributed by atoms with Crippen molar-refractivity contribution in [3.05, 3.63) is 106 Å².